The average Bonchev–Trinajstić information content (AvgIpc) is 3.20. The number of carbonyl (C=O) groups excluding carboxylic acids is 1. The smallest absolute Gasteiger partial charge is 0.237 e. The molecule has 2 aliphatic carbocycles. The number of aryl methyl sites for hydroxylation is 1. The van der Waals surface area contributed by atoms with Crippen molar-refractivity contribution >= 4 is 5.91 Å². The van der Waals surface area contributed by atoms with E-state index in [0.29, 0.717) is 11.3 Å². The molecule has 3 unspecified atom stereocenters. The van der Waals surface area contributed by atoms with E-state index in [-0.39, 0.29) is 11.9 Å². The fourth-order valence-corrected chi connectivity index (χ4v) is 5.19. The second-order valence-electron chi connectivity index (χ2n) is 8.01. The fraction of sp³-hybridized carbons (Fsp3) is 0.667. The molecular formula is C21H30N2O. The topological polar surface area (TPSA) is 32.3 Å². The number of hydrogen-bond acceptors (Lipinski definition) is 2. The van der Waals surface area contributed by atoms with Gasteiger partial charge in [-0.05, 0) is 68.7 Å². The molecule has 0 radical (unpaired) electrons. The van der Waals surface area contributed by atoms with Crippen molar-refractivity contribution in [3.8, 4) is 0 Å². The lowest BCUT2D eigenvalue weighted by molar-refractivity contribution is -0.127. The first-order valence-electron chi connectivity index (χ1n) is 9.85. The van der Waals surface area contributed by atoms with E-state index in [9.17, 15) is 4.79 Å². The summed E-state index contributed by atoms with van der Waals surface area (Å²) in [6.07, 6.45) is 8.35. The first-order valence-corrected chi connectivity index (χ1v) is 9.85. The molecule has 0 bridgehead atoms. The minimum absolute atomic E-state index is 0.115. The largest absolute Gasteiger partial charge is 0.354 e. The average molecular weight is 326 g/mol. The minimum Gasteiger partial charge on any atom is -0.354 e. The molecule has 3 aliphatic rings. The zero-order valence-electron chi connectivity index (χ0n) is 14.9. The van der Waals surface area contributed by atoms with Crippen LogP contribution < -0.4 is 5.32 Å². The maximum atomic E-state index is 12.7. The number of amides is 1. The van der Waals surface area contributed by atoms with Gasteiger partial charge in [-0.25, -0.2) is 0 Å². The van der Waals surface area contributed by atoms with Crippen LogP contribution in [-0.4, -0.2) is 36.5 Å². The minimum atomic E-state index is 0.115. The zero-order valence-corrected chi connectivity index (χ0v) is 14.9. The van der Waals surface area contributed by atoms with E-state index in [4.69, 9.17) is 0 Å². The summed E-state index contributed by atoms with van der Waals surface area (Å²) in [4.78, 5) is 15.1. The van der Waals surface area contributed by atoms with Gasteiger partial charge < -0.3 is 5.32 Å². The van der Waals surface area contributed by atoms with Crippen molar-refractivity contribution in [3.63, 3.8) is 0 Å². The van der Waals surface area contributed by atoms with E-state index < -0.39 is 0 Å². The Hall–Kier alpha value is -1.35. The van der Waals surface area contributed by atoms with Crippen LogP contribution in [0.1, 0.15) is 56.6 Å². The van der Waals surface area contributed by atoms with E-state index in [1.165, 1.54) is 37.7 Å². The molecule has 3 nitrogen and oxygen atoms in total. The van der Waals surface area contributed by atoms with Gasteiger partial charge in [-0.3, -0.25) is 9.69 Å². The molecule has 1 amide bonds. The molecule has 4 rings (SSSR count). The number of likely N-dealkylation sites (tertiary alicyclic amines) is 1. The first-order chi connectivity index (χ1) is 11.7. The Bertz CT molecular complexity index is 612. The van der Waals surface area contributed by atoms with Crippen LogP contribution >= 0.6 is 0 Å². The summed E-state index contributed by atoms with van der Waals surface area (Å²) in [5, 5.41) is 3.30. The second kappa shape index (κ2) is 6.51. The molecule has 1 spiro atoms. The van der Waals surface area contributed by atoms with Gasteiger partial charge in [0, 0.05) is 12.0 Å². The number of piperidine rings is 1. The van der Waals surface area contributed by atoms with Gasteiger partial charge in [0.05, 0.1) is 6.04 Å². The van der Waals surface area contributed by atoms with E-state index >= 15 is 0 Å². The van der Waals surface area contributed by atoms with E-state index in [2.05, 4.69) is 41.4 Å². The molecule has 1 saturated heterocycles. The summed E-state index contributed by atoms with van der Waals surface area (Å²) >= 11 is 0. The van der Waals surface area contributed by atoms with Crippen molar-refractivity contribution in [1.82, 2.24) is 10.2 Å². The van der Waals surface area contributed by atoms with Crippen molar-refractivity contribution in [2.75, 3.05) is 19.6 Å². The Morgan fingerprint density at radius 3 is 3.08 bits per heavy atom. The van der Waals surface area contributed by atoms with Crippen LogP contribution in [-0.2, 0) is 16.6 Å². The van der Waals surface area contributed by atoms with Crippen molar-refractivity contribution in [2.24, 2.45) is 5.92 Å². The van der Waals surface area contributed by atoms with E-state index in [1.54, 1.807) is 5.56 Å². The molecule has 130 valence electrons. The van der Waals surface area contributed by atoms with Gasteiger partial charge in [0.25, 0.3) is 0 Å². The molecule has 1 aromatic carbocycles. The maximum absolute atomic E-state index is 12.7. The zero-order chi connectivity index (χ0) is 16.6. The number of nitrogens with one attached hydrogen (secondary N) is 1. The van der Waals surface area contributed by atoms with Crippen molar-refractivity contribution < 1.29 is 4.79 Å². The molecule has 0 aromatic heterocycles. The molecule has 2 fully saturated rings. The standard InChI is InChI=1S/C21H30N2O/c1-2-12-23-13-6-5-9-19(23)20(24)22-15-17-14-21(17)11-10-16-7-3-4-8-18(16)21/h3-4,7-8,17,19H,2,5-6,9-15H2,1H3,(H,22,24). The first kappa shape index (κ1) is 16.1. The summed E-state index contributed by atoms with van der Waals surface area (Å²) in [6, 6.07) is 9.04. The van der Waals surface area contributed by atoms with Gasteiger partial charge in [-0.2, -0.15) is 0 Å². The van der Waals surface area contributed by atoms with E-state index in [1.807, 2.05) is 0 Å². The maximum Gasteiger partial charge on any atom is 0.237 e. The van der Waals surface area contributed by atoms with Crippen LogP contribution in [0.5, 0.6) is 0 Å². The summed E-state index contributed by atoms with van der Waals surface area (Å²) in [6.45, 7) is 5.21. The second-order valence-corrected chi connectivity index (χ2v) is 8.01. The summed E-state index contributed by atoms with van der Waals surface area (Å²) < 4.78 is 0. The summed E-state index contributed by atoms with van der Waals surface area (Å²) in [5.41, 5.74) is 3.49. The number of fused-ring (bicyclic) bond motifs is 2. The highest BCUT2D eigenvalue weighted by Gasteiger charge is 2.57. The van der Waals surface area contributed by atoms with Crippen LogP contribution in [0, 0.1) is 5.92 Å². The fourth-order valence-electron chi connectivity index (χ4n) is 5.19. The van der Waals surface area contributed by atoms with Crippen molar-refractivity contribution in [1.29, 1.82) is 0 Å². The molecule has 3 heteroatoms. The number of benzene rings is 1. The summed E-state index contributed by atoms with van der Waals surface area (Å²) in [5.74, 6) is 0.921. The highest BCUT2D eigenvalue weighted by atomic mass is 16.2. The van der Waals surface area contributed by atoms with Gasteiger partial charge >= 0.3 is 0 Å². The van der Waals surface area contributed by atoms with Crippen LogP contribution in [0.3, 0.4) is 0 Å². The van der Waals surface area contributed by atoms with Gasteiger partial charge in [0.1, 0.15) is 0 Å². The third kappa shape index (κ3) is 2.77. The molecular weight excluding hydrogens is 296 g/mol. The Morgan fingerprint density at radius 1 is 1.33 bits per heavy atom. The van der Waals surface area contributed by atoms with Crippen LogP contribution in [0.4, 0.5) is 0 Å². The lowest BCUT2D eigenvalue weighted by Gasteiger charge is -2.34. The molecule has 24 heavy (non-hydrogen) atoms. The van der Waals surface area contributed by atoms with Gasteiger partial charge in [0.2, 0.25) is 5.91 Å². The molecule has 1 saturated carbocycles. The number of nitrogens with zero attached hydrogens (tertiary/aromatic N) is 1. The summed E-state index contributed by atoms with van der Waals surface area (Å²) in [7, 11) is 0. The normalized spacial score (nSPS) is 31.9. The third-order valence-corrected chi connectivity index (χ3v) is 6.58. The monoisotopic (exact) mass is 326 g/mol. The van der Waals surface area contributed by atoms with Crippen molar-refractivity contribution in [2.45, 2.75) is 63.3 Å². The predicted octanol–water partition coefficient (Wildman–Crippen LogP) is 3.27. The highest BCUT2D eigenvalue weighted by molar-refractivity contribution is 5.81. The lowest BCUT2D eigenvalue weighted by Crippen LogP contribution is -2.50. The molecule has 3 atom stereocenters. The Balaban J connectivity index is 1.34. The molecule has 1 aromatic rings. The van der Waals surface area contributed by atoms with Crippen molar-refractivity contribution in [3.05, 3.63) is 35.4 Å². The highest BCUT2D eigenvalue weighted by Crippen LogP contribution is 2.61. The predicted molar refractivity (Wildman–Crippen MR) is 97.1 cm³/mol. The molecule has 1 aliphatic heterocycles. The number of carbonyl (C=O) groups is 1. The Labute approximate surface area is 145 Å². The van der Waals surface area contributed by atoms with Crippen LogP contribution in [0.25, 0.3) is 0 Å². The lowest BCUT2D eigenvalue weighted by atomic mass is 9.95. The SMILES string of the molecule is CCCN1CCCCC1C(=O)NCC1CC12CCc1ccccc12. The number of rotatable bonds is 5. The van der Waals surface area contributed by atoms with Crippen LogP contribution in [0.15, 0.2) is 24.3 Å². The molecule has 1 N–H and O–H groups in total. The van der Waals surface area contributed by atoms with Gasteiger partial charge in [0.15, 0.2) is 0 Å². The third-order valence-electron chi connectivity index (χ3n) is 6.58. The Morgan fingerprint density at radius 2 is 2.21 bits per heavy atom. The van der Waals surface area contributed by atoms with Crippen LogP contribution in [0.2, 0.25) is 0 Å². The quantitative estimate of drug-likeness (QED) is 0.901. The molecule has 1 heterocycles. The van der Waals surface area contributed by atoms with Gasteiger partial charge in [-0.15, -0.1) is 0 Å². The van der Waals surface area contributed by atoms with E-state index in [0.717, 1.165) is 32.5 Å². The number of hydrogen-bond donors (Lipinski definition) is 1. The van der Waals surface area contributed by atoms with Gasteiger partial charge in [-0.1, -0.05) is 37.6 Å². The Kier molecular flexibility index (Phi) is 4.38.